The Bertz CT molecular complexity index is 301. The molecule has 0 aromatic heterocycles. The van der Waals surface area contributed by atoms with E-state index in [9.17, 15) is 4.79 Å². The molecular weight excluding hydrogens is 240 g/mol. The van der Waals surface area contributed by atoms with Crippen molar-refractivity contribution in [1.29, 1.82) is 0 Å². The summed E-state index contributed by atoms with van der Waals surface area (Å²) in [5, 5.41) is 3.00. The summed E-state index contributed by atoms with van der Waals surface area (Å²) in [7, 11) is 0. The highest BCUT2D eigenvalue weighted by atomic mass is 16.2. The summed E-state index contributed by atoms with van der Waals surface area (Å²) in [6, 6.07) is 0. The van der Waals surface area contributed by atoms with Crippen LogP contribution >= 0.6 is 0 Å². The van der Waals surface area contributed by atoms with Gasteiger partial charge in [-0.05, 0) is 34.6 Å². The van der Waals surface area contributed by atoms with Crippen LogP contribution in [0.5, 0.6) is 0 Å². The highest BCUT2D eigenvalue weighted by Gasteiger charge is 2.29. The molecule has 0 radical (unpaired) electrons. The van der Waals surface area contributed by atoms with Crippen molar-refractivity contribution in [3.63, 3.8) is 0 Å². The van der Waals surface area contributed by atoms with E-state index >= 15 is 0 Å². The molecule has 1 aliphatic heterocycles. The fourth-order valence-electron chi connectivity index (χ4n) is 2.30. The number of nitrogens with zero attached hydrogens (tertiary/aromatic N) is 2. The Labute approximate surface area is 117 Å². The summed E-state index contributed by atoms with van der Waals surface area (Å²) in [5.41, 5.74) is 5.71. The third-order valence-electron chi connectivity index (χ3n) is 3.61. The first-order valence-corrected chi connectivity index (χ1v) is 7.12. The monoisotopic (exact) mass is 270 g/mol. The van der Waals surface area contributed by atoms with Gasteiger partial charge in [-0.15, -0.1) is 0 Å². The van der Waals surface area contributed by atoms with Gasteiger partial charge in [-0.3, -0.25) is 14.6 Å². The second-order valence-corrected chi connectivity index (χ2v) is 7.08. The van der Waals surface area contributed by atoms with Crippen LogP contribution in [0.15, 0.2) is 0 Å². The van der Waals surface area contributed by atoms with Crippen LogP contribution < -0.4 is 11.1 Å². The van der Waals surface area contributed by atoms with Gasteiger partial charge in [0.15, 0.2) is 0 Å². The van der Waals surface area contributed by atoms with E-state index in [1.165, 1.54) is 0 Å². The fourth-order valence-corrected chi connectivity index (χ4v) is 2.30. The van der Waals surface area contributed by atoms with E-state index in [2.05, 4.69) is 29.0 Å². The van der Waals surface area contributed by atoms with Crippen LogP contribution in [0.1, 0.15) is 34.6 Å². The van der Waals surface area contributed by atoms with Crippen LogP contribution in [0.25, 0.3) is 0 Å². The highest BCUT2D eigenvalue weighted by molar-refractivity contribution is 5.78. The molecule has 0 saturated carbocycles. The molecular formula is C14H30N4O. The minimum absolute atomic E-state index is 0.0553. The van der Waals surface area contributed by atoms with Crippen molar-refractivity contribution in [2.75, 3.05) is 39.3 Å². The molecule has 0 aromatic rings. The average Bonchev–Trinajstić information content (AvgIpc) is 2.27. The van der Waals surface area contributed by atoms with E-state index in [0.717, 1.165) is 26.2 Å². The van der Waals surface area contributed by atoms with Crippen LogP contribution in [0.4, 0.5) is 0 Å². The second kappa shape index (κ2) is 6.20. The lowest BCUT2D eigenvalue weighted by molar-refractivity contribution is -0.124. The third-order valence-corrected chi connectivity index (χ3v) is 3.61. The minimum atomic E-state index is -0.152. The molecule has 0 bridgehead atoms. The number of carbonyl (C=O) groups excluding carboxylic acids is 1. The fraction of sp³-hybridized carbons (Fsp3) is 0.929. The predicted molar refractivity (Wildman–Crippen MR) is 79.0 cm³/mol. The number of amides is 1. The van der Waals surface area contributed by atoms with Crippen molar-refractivity contribution >= 4 is 5.91 Å². The Balaban J connectivity index is 2.37. The first-order valence-electron chi connectivity index (χ1n) is 7.12. The van der Waals surface area contributed by atoms with Crippen LogP contribution in [0, 0.1) is 0 Å². The van der Waals surface area contributed by atoms with Gasteiger partial charge >= 0.3 is 0 Å². The lowest BCUT2D eigenvalue weighted by Crippen LogP contribution is -2.58. The Morgan fingerprint density at radius 1 is 1.11 bits per heavy atom. The van der Waals surface area contributed by atoms with Crippen molar-refractivity contribution in [3.8, 4) is 0 Å². The number of hydrogen-bond donors (Lipinski definition) is 2. The number of hydrogen-bond acceptors (Lipinski definition) is 4. The largest absolute Gasteiger partial charge is 0.350 e. The zero-order valence-corrected chi connectivity index (χ0v) is 13.1. The van der Waals surface area contributed by atoms with Gasteiger partial charge < -0.3 is 11.1 Å². The zero-order chi connectivity index (χ0) is 14.7. The Hall–Kier alpha value is -0.650. The summed E-state index contributed by atoms with van der Waals surface area (Å²) in [6.45, 7) is 15.4. The molecule has 0 aromatic carbocycles. The SMILES string of the molecule is CC(C)(C)NC(=O)CN1CCN(C(C)(C)CN)CC1. The van der Waals surface area contributed by atoms with Gasteiger partial charge in [0, 0.05) is 43.8 Å². The topological polar surface area (TPSA) is 61.6 Å². The van der Waals surface area contributed by atoms with Crippen molar-refractivity contribution in [1.82, 2.24) is 15.1 Å². The van der Waals surface area contributed by atoms with Gasteiger partial charge in [0.05, 0.1) is 6.54 Å². The quantitative estimate of drug-likeness (QED) is 0.769. The molecule has 5 heteroatoms. The average molecular weight is 270 g/mol. The third kappa shape index (κ3) is 5.47. The van der Waals surface area contributed by atoms with Crippen LogP contribution in [0.3, 0.4) is 0 Å². The predicted octanol–water partition coefficient (Wildman–Crippen LogP) is 0.256. The molecule has 112 valence electrons. The van der Waals surface area contributed by atoms with Gasteiger partial charge in [-0.2, -0.15) is 0 Å². The molecule has 19 heavy (non-hydrogen) atoms. The molecule has 1 rings (SSSR count). The van der Waals surface area contributed by atoms with E-state index in [4.69, 9.17) is 5.73 Å². The van der Waals surface area contributed by atoms with E-state index in [1.807, 2.05) is 20.8 Å². The first kappa shape index (κ1) is 16.4. The Morgan fingerprint density at radius 3 is 2.05 bits per heavy atom. The molecule has 1 heterocycles. The summed E-state index contributed by atoms with van der Waals surface area (Å²) in [5.74, 6) is 0.110. The van der Waals surface area contributed by atoms with Crippen molar-refractivity contribution in [2.45, 2.75) is 45.7 Å². The van der Waals surface area contributed by atoms with Gasteiger partial charge in [0.25, 0.3) is 0 Å². The summed E-state index contributed by atoms with van der Waals surface area (Å²) in [4.78, 5) is 16.5. The van der Waals surface area contributed by atoms with E-state index in [1.54, 1.807) is 0 Å². The smallest absolute Gasteiger partial charge is 0.234 e. The number of piperazine rings is 1. The molecule has 1 saturated heterocycles. The standard InChI is InChI=1S/C14H30N4O/c1-13(2,3)16-12(19)10-17-6-8-18(9-7-17)14(4,5)11-15/h6-11,15H2,1-5H3,(H,16,19). The molecule has 0 atom stereocenters. The molecule has 1 amide bonds. The van der Waals surface area contributed by atoms with Gasteiger partial charge in [0.2, 0.25) is 5.91 Å². The van der Waals surface area contributed by atoms with E-state index in [-0.39, 0.29) is 17.0 Å². The normalized spacial score (nSPS) is 19.5. The van der Waals surface area contributed by atoms with Gasteiger partial charge in [-0.1, -0.05) is 0 Å². The molecule has 1 aliphatic rings. The second-order valence-electron chi connectivity index (χ2n) is 7.08. The van der Waals surface area contributed by atoms with Crippen molar-refractivity contribution < 1.29 is 4.79 Å². The zero-order valence-electron chi connectivity index (χ0n) is 13.1. The maximum Gasteiger partial charge on any atom is 0.234 e. The minimum Gasteiger partial charge on any atom is -0.350 e. The maximum absolute atomic E-state index is 11.9. The van der Waals surface area contributed by atoms with Gasteiger partial charge in [0.1, 0.15) is 0 Å². The molecule has 0 spiro atoms. The lowest BCUT2D eigenvalue weighted by Gasteiger charge is -2.43. The van der Waals surface area contributed by atoms with Crippen molar-refractivity contribution in [2.24, 2.45) is 5.73 Å². The lowest BCUT2D eigenvalue weighted by atomic mass is 10.0. The Kier molecular flexibility index (Phi) is 5.35. The van der Waals surface area contributed by atoms with Crippen LogP contribution in [-0.2, 0) is 4.79 Å². The highest BCUT2D eigenvalue weighted by Crippen LogP contribution is 2.15. The molecule has 3 N–H and O–H groups in total. The number of carbonyl (C=O) groups is 1. The van der Waals surface area contributed by atoms with Gasteiger partial charge in [-0.25, -0.2) is 0 Å². The molecule has 0 aliphatic carbocycles. The summed E-state index contributed by atoms with van der Waals surface area (Å²) < 4.78 is 0. The first-order chi connectivity index (χ1) is 8.64. The van der Waals surface area contributed by atoms with Crippen LogP contribution in [-0.4, -0.2) is 66.1 Å². The van der Waals surface area contributed by atoms with E-state index in [0.29, 0.717) is 13.1 Å². The van der Waals surface area contributed by atoms with E-state index < -0.39 is 0 Å². The van der Waals surface area contributed by atoms with Crippen molar-refractivity contribution in [3.05, 3.63) is 0 Å². The summed E-state index contributed by atoms with van der Waals surface area (Å²) >= 11 is 0. The number of rotatable bonds is 4. The molecule has 1 fully saturated rings. The molecule has 5 nitrogen and oxygen atoms in total. The summed E-state index contributed by atoms with van der Waals surface area (Å²) in [6.07, 6.45) is 0. The number of nitrogens with one attached hydrogen (secondary N) is 1. The number of nitrogens with two attached hydrogens (primary N) is 1. The van der Waals surface area contributed by atoms with Crippen LogP contribution in [0.2, 0.25) is 0 Å². The maximum atomic E-state index is 11.9. The Morgan fingerprint density at radius 2 is 1.63 bits per heavy atom. The molecule has 0 unspecified atom stereocenters.